The number of nitrogens with one attached hydrogen (secondary N) is 2. The van der Waals surface area contributed by atoms with Gasteiger partial charge < -0.3 is 15.2 Å². The van der Waals surface area contributed by atoms with Crippen molar-refractivity contribution in [2.75, 3.05) is 18.0 Å². The zero-order valence-corrected chi connectivity index (χ0v) is 11.2. The summed E-state index contributed by atoms with van der Waals surface area (Å²) in [5.74, 6) is 0.735. The molecule has 1 aliphatic rings. The number of aromatic amines is 1. The van der Waals surface area contributed by atoms with Gasteiger partial charge in [0.1, 0.15) is 11.3 Å². The number of hydrogen-bond donors (Lipinski definition) is 2. The van der Waals surface area contributed by atoms with Crippen molar-refractivity contribution in [1.82, 2.24) is 20.3 Å². The van der Waals surface area contributed by atoms with Crippen LogP contribution in [0.15, 0.2) is 31.1 Å². The molecule has 20 heavy (non-hydrogen) atoms. The highest BCUT2D eigenvalue weighted by molar-refractivity contribution is 5.87. The second kappa shape index (κ2) is 5.32. The number of carbonyl (C=O) groups excluding carboxylic acids is 1. The topological polar surface area (TPSA) is 73.9 Å². The number of nitrogens with zero attached hydrogens (tertiary/aromatic N) is 3. The smallest absolute Gasteiger partial charge is 0.243 e. The number of aromatic nitrogens is 3. The first-order valence-corrected chi connectivity index (χ1v) is 6.74. The van der Waals surface area contributed by atoms with Crippen molar-refractivity contribution < 1.29 is 4.79 Å². The molecule has 1 saturated heterocycles. The summed E-state index contributed by atoms with van der Waals surface area (Å²) in [7, 11) is 0. The number of anilines is 1. The third-order valence-corrected chi connectivity index (χ3v) is 3.53. The summed E-state index contributed by atoms with van der Waals surface area (Å²) in [6.45, 7) is 5.17. The van der Waals surface area contributed by atoms with Gasteiger partial charge in [-0.3, -0.25) is 4.79 Å². The molecule has 0 radical (unpaired) electrons. The Morgan fingerprint density at radius 3 is 3.35 bits per heavy atom. The lowest BCUT2D eigenvalue weighted by molar-refractivity contribution is -0.117. The fraction of sp³-hybridized carbons (Fsp3) is 0.357. The lowest BCUT2D eigenvalue weighted by Gasteiger charge is -2.33. The molecule has 3 heterocycles. The normalized spacial score (nSPS) is 19.0. The van der Waals surface area contributed by atoms with E-state index in [-0.39, 0.29) is 11.9 Å². The van der Waals surface area contributed by atoms with Crippen LogP contribution in [-0.2, 0) is 4.79 Å². The molecule has 0 aliphatic carbocycles. The fourth-order valence-corrected chi connectivity index (χ4v) is 2.54. The Labute approximate surface area is 116 Å². The van der Waals surface area contributed by atoms with Crippen molar-refractivity contribution in [3.63, 3.8) is 0 Å². The fourth-order valence-electron chi connectivity index (χ4n) is 2.54. The number of piperidine rings is 1. The first-order valence-electron chi connectivity index (χ1n) is 6.74. The monoisotopic (exact) mass is 271 g/mol. The average molecular weight is 271 g/mol. The predicted molar refractivity (Wildman–Crippen MR) is 77.5 cm³/mol. The molecule has 3 rings (SSSR count). The van der Waals surface area contributed by atoms with Crippen LogP contribution in [0, 0.1) is 0 Å². The third-order valence-electron chi connectivity index (χ3n) is 3.53. The molecule has 6 nitrogen and oxygen atoms in total. The van der Waals surface area contributed by atoms with E-state index < -0.39 is 0 Å². The van der Waals surface area contributed by atoms with Gasteiger partial charge in [-0.2, -0.15) is 0 Å². The van der Waals surface area contributed by atoms with Gasteiger partial charge in [0.2, 0.25) is 5.91 Å². The van der Waals surface area contributed by atoms with Gasteiger partial charge in [0.05, 0.1) is 6.20 Å². The first kappa shape index (κ1) is 12.7. The van der Waals surface area contributed by atoms with Crippen LogP contribution in [0.4, 0.5) is 5.82 Å². The van der Waals surface area contributed by atoms with Crippen molar-refractivity contribution in [2.45, 2.75) is 18.9 Å². The lowest BCUT2D eigenvalue weighted by Crippen LogP contribution is -2.47. The van der Waals surface area contributed by atoms with Crippen LogP contribution in [0.25, 0.3) is 11.2 Å². The van der Waals surface area contributed by atoms with E-state index in [9.17, 15) is 4.79 Å². The van der Waals surface area contributed by atoms with E-state index in [1.807, 2.05) is 12.3 Å². The maximum Gasteiger partial charge on any atom is 0.243 e. The van der Waals surface area contributed by atoms with Crippen molar-refractivity contribution in [1.29, 1.82) is 0 Å². The number of amides is 1. The number of H-pyrrole nitrogens is 1. The number of carbonyl (C=O) groups is 1. The molecule has 1 fully saturated rings. The molecule has 0 aromatic carbocycles. The predicted octanol–water partition coefficient (Wildman–Crippen LogP) is 1.23. The number of rotatable bonds is 3. The van der Waals surface area contributed by atoms with E-state index in [0.29, 0.717) is 0 Å². The highest BCUT2D eigenvalue weighted by Crippen LogP contribution is 2.19. The molecule has 0 spiro atoms. The van der Waals surface area contributed by atoms with Crippen LogP contribution >= 0.6 is 0 Å². The van der Waals surface area contributed by atoms with Gasteiger partial charge in [0.15, 0.2) is 5.65 Å². The SMILES string of the molecule is C=CC(=O)NC1CCCN(c2cnc3[nH]ccc3n2)C1. The van der Waals surface area contributed by atoms with E-state index in [0.717, 1.165) is 42.9 Å². The van der Waals surface area contributed by atoms with Crippen LogP contribution in [-0.4, -0.2) is 40.0 Å². The largest absolute Gasteiger partial charge is 0.353 e. The summed E-state index contributed by atoms with van der Waals surface area (Å²) < 4.78 is 0. The molecular weight excluding hydrogens is 254 g/mol. The van der Waals surface area contributed by atoms with E-state index in [1.165, 1.54) is 6.08 Å². The van der Waals surface area contributed by atoms with Crippen LogP contribution < -0.4 is 10.2 Å². The second-order valence-corrected chi connectivity index (χ2v) is 4.94. The van der Waals surface area contributed by atoms with Gasteiger partial charge in [-0.1, -0.05) is 6.58 Å². The molecule has 1 atom stereocenters. The molecule has 0 bridgehead atoms. The minimum atomic E-state index is -0.121. The summed E-state index contributed by atoms with van der Waals surface area (Å²) in [5, 5.41) is 2.95. The van der Waals surface area contributed by atoms with Crippen molar-refractivity contribution in [3.8, 4) is 0 Å². The Bertz CT molecular complexity index is 635. The molecule has 0 saturated carbocycles. The third kappa shape index (κ3) is 2.49. The molecule has 1 amide bonds. The summed E-state index contributed by atoms with van der Waals surface area (Å²) in [4.78, 5) is 25.5. The summed E-state index contributed by atoms with van der Waals surface area (Å²) in [5.41, 5.74) is 1.65. The lowest BCUT2D eigenvalue weighted by atomic mass is 10.1. The second-order valence-electron chi connectivity index (χ2n) is 4.94. The minimum Gasteiger partial charge on any atom is -0.353 e. The molecule has 2 aromatic heterocycles. The van der Waals surface area contributed by atoms with Gasteiger partial charge >= 0.3 is 0 Å². The highest BCUT2D eigenvalue weighted by Gasteiger charge is 2.22. The van der Waals surface area contributed by atoms with Crippen molar-refractivity contribution in [2.24, 2.45) is 0 Å². The van der Waals surface area contributed by atoms with Crippen LogP contribution in [0.3, 0.4) is 0 Å². The van der Waals surface area contributed by atoms with Gasteiger partial charge in [0.25, 0.3) is 0 Å². The van der Waals surface area contributed by atoms with Crippen LogP contribution in [0.5, 0.6) is 0 Å². The zero-order chi connectivity index (χ0) is 13.9. The Hall–Kier alpha value is -2.37. The van der Waals surface area contributed by atoms with E-state index in [2.05, 4.69) is 31.7 Å². The first-order chi connectivity index (χ1) is 9.76. The van der Waals surface area contributed by atoms with E-state index in [4.69, 9.17) is 0 Å². The number of fused-ring (bicyclic) bond motifs is 1. The standard InChI is InChI=1S/C14H17N5O/c1-2-13(20)17-10-4-3-7-19(9-10)12-8-16-14-11(18-12)5-6-15-14/h2,5-6,8,10H,1,3-4,7,9H2,(H,15,16)(H,17,20). The molecule has 104 valence electrons. The molecule has 1 aliphatic heterocycles. The van der Waals surface area contributed by atoms with Crippen molar-refractivity contribution >= 4 is 22.9 Å². The van der Waals surface area contributed by atoms with Gasteiger partial charge in [-0.25, -0.2) is 9.97 Å². The Morgan fingerprint density at radius 2 is 2.50 bits per heavy atom. The molecule has 2 aromatic rings. The zero-order valence-electron chi connectivity index (χ0n) is 11.2. The molecule has 1 unspecified atom stereocenters. The Kier molecular flexibility index (Phi) is 3.37. The minimum absolute atomic E-state index is 0.121. The Balaban J connectivity index is 1.75. The average Bonchev–Trinajstić information content (AvgIpc) is 2.94. The summed E-state index contributed by atoms with van der Waals surface area (Å²) >= 11 is 0. The van der Waals surface area contributed by atoms with Crippen LogP contribution in [0.1, 0.15) is 12.8 Å². The quantitative estimate of drug-likeness (QED) is 0.823. The van der Waals surface area contributed by atoms with Gasteiger partial charge in [0, 0.05) is 25.3 Å². The molecule has 6 heteroatoms. The number of hydrogen-bond acceptors (Lipinski definition) is 4. The summed E-state index contributed by atoms with van der Waals surface area (Å²) in [6, 6.07) is 2.05. The maximum absolute atomic E-state index is 11.4. The van der Waals surface area contributed by atoms with Gasteiger partial charge in [-0.05, 0) is 25.0 Å². The van der Waals surface area contributed by atoms with Gasteiger partial charge in [-0.15, -0.1) is 0 Å². The van der Waals surface area contributed by atoms with Crippen molar-refractivity contribution in [3.05, 3.63) is 31.1 Å². The summed E-state index contributed by atoms with van der Waals surface area (Å²) in [6.07, 6.45) is 6.92. The van der Waals surface area contributed by atoms with E-state index in [1.54, 1.807) is 6.20 Å². The maximum atomic E-state index is 11.4. The molecule has 2 N–H and O–H groups in total. The Morgan fingerprint density at radius 1 is 1.60 bits per heavy atom. The van der Waals surface area contributed by atoms with Crippen LogP contribution in [0.2, 0.25) is 0 Å². The highest BCUT2D eigenvalue weighted by atomic mass is 16.1. The van der Waals surface area contributed by atoms with E-state index >= 15 is 0 Å². The molecular formula is C14H17N5O.